The van der Waals surface area contributed by atoms with Crippen LogP contribution in [0.4, 0.5) is 0 Å². The average molecular weight is 543 g/mol. The number of hydrogen-bond acceptors (Lipinski definition) is 7. The second kappa shape index (κ2) is 15.4. The maximum absolute atomic E-state index is 13.4. The third-order valence-electron chi connectivity index (χ3n) is 5.39. The zero-order chi connectivity index (χ0) is 27.4. The maximum Gasteiger partial charge on any atom is 0.323 e. The quantitative estimate of drug-likeness (QED) is 0.447. The molecule has 3 aliphatic rings. The van der Waals surface area contributed by atoms with E-state index in [1.165, 1.54) is 16.2 Å². The number of thioether (sulfide) groups is 1. The zero-order valence-electron chi connectivity index (χ0n) is 22.5. The van der Waals surface area contributed by atoms with Crippen LogP contribution in [-0.4, -0.2) is 62.8 Å². The third-order valence-corrected chi connectivity index (χ3v) is 7.75. The molecule has 1 aromatic heterocycles. The number of aliphatic carboxylic acids is 1. The molecule has 200 valence electrons. The Morgan fingerprint density at radius 1 is 1.22 bits per heavy atom. The molecule has 0 spiro atoms. The van der Waals surface area contributed by atoms with Gasteiger partial charge in [-0.2, -0.15) is 0 Å². The summed E-state index contributed by atoms with van der Waals surface area (Å²) in [6.07, 6.45) is 17.0. The van der Waals surface area contributed by atoms with Gasteiger partial charge in [0.15, 0.2) is 0 Å². The summed E-state index contributed by atoms with van der Waals surface area (Å²) in [7, 11) is 0. The van der Waals surface area contributed by atoms with Crippen molar-refractivity contribution in [3.05, 3.63) is 69.9 Å². The number of aromatic nitrogens is 1. The van der Waals surface area contributed by atoms with Gasteiger partial charge in [0.1, 0.15) is 16.4 Å². The maximum atomic E-state index is 13.4. The highest BCUT2D eigenvalue weighted by Crippen LogP contribution is 2.31. The van der Waals surface area contributed by atoms with E-state index < -0.39 is 5.97 Å². The van der Waals surface area contributed by atoms with Gasteiger partial charge in [0.25, 0.3) is 5.91 Å². The fourth-order valence-corrected chi connectivity index (χ4v) is 6.10. The first kappa shape index (κ1) is 30.3. The molecule has 0 saturated carbocycles. The lowest BCUT2D eigenvalue weighted by molar-refractivity contribution is -0.137. The van der Waals surface area contributed by atoms with Crippen molar-refractivity contribution in [2.45, 2.75) is 59.3 Å². The highest BCUT2D eigenvalue weighted by atomic mass is 32.2. The van der Waals surface area contributed by atoms with Crippen molar-refractivity contribution >= 4 is 45.6 Å². The third kappa shape index (κ3) is 8.57. The Balaban J connectivity index is 0.00000115. The molecular formula is C28H38N4O3S2. The Morgan fingerprint density at radius 3 is 2.59 bits per heavy atom. The van der Waals surface area contributed by atoms with Crippen LogP contribution >= 0.6 is 23.1 Å². The van der Waals surface area contributed by atoms with Crippen molar-refractivity contribution in [3.8, 4) is 0 Å². The van der Waals surface area contributed by atoms with Crippen LogP contribution in [0.1, 0.15) is 61.4 Å². The van der Waals surface area contributed by atoms with Gasteiger partial charge in [0, 0.05) is 17.4 Å². The number of nitrogens with one attached hydrogen (secondary N) is 1. The molecule has 37 heavy (non-hydrogen) atoms. The topological polar surface area (TPSA) is 94.9 Å². The molecule has 3 heterocycles. The number of hydrogen-bond donors (Lipinski definition) is 2. The first-order valence-electron chi connectivity index (χ1n) is 12.8. The summed E-state index contributed by atoms with van der Waals surface area (Å²) in [5, 5.41) is 14.4. The molecular weight excluding hydrogens is 504 g/mol. The standard InChI is InChI=1S/C24H26N4O3S2.2C2H6/c1-3-17(10-16-8-9-25-12-16)23-26-15(2)22(33-23)24(31)28(14-21(29)30)13-20-27-18-6-4-5-7-19(11-18)32-20;2*1-2/h3-10,18-19,25H,11-14H2,1-2H3,(H,29,30);2*1-2H3/b16-10-,17-3+;;. The van der Waals surface area contributed by atoms with Crippen molar-refractivity contribution in [2.75, 3.05) is 19.6 Å². The first-order chi connectivity index (χ1) is 17.9. The van der Waals surface area contributed by atoms with Crippen molar-refractivity contribution in [3.63, 3.8) is 0 Å². The number of carbonyl (C=O) groups is 2. The number of thiazole rings is 1. The summed E-state index contributed by atoms with van der Waals surface area (Å²) in [6, 6.07) is 0.0594. The molecule has 1 amide bonds. The molecule has 0 radical (unpaired) electrons. The van der Waals surface area contributed by atoms with Gasteiger partial charge < -0.3 is 15.3 Å². The van der Waals surface area contributed by atoms with Crippen LogP contribution in [0.2, 0.25) is 0 Å². The number of amides is 1. The number of fused-ring (bicyclic) bond motifs is 2. The number of aryl methyl sites for hydroxylation is 1. The number of carbonyl (C=O) groups excluding carboxylic acids is 1. The zero-order valence-corrected chi connectivity index (χ0v) is 24.2. The Morgan fingerprint density at radius 2 is 1.95 bits per heavy atom. The van der Waals surface area contributed by atoms with E-state index in [-0.39, 0.29) is 30.3 Å². The van der Waals surface area contributed by atoms with Gasteiger partial charge in [-0.3, -0.25) is 14.6 Å². The minimum absolute atomic E-state index is 0.0594. The number of allylic oxidation sites excluding steroid dienone is 5. The molecule has 2 aliphatic heterocycles. The molecule has 9 heteroatoms. The molecule has 0 fully saturated rings. The largest absolute Gasteiger partial charge is 0.480 e. The molecule has 2 atom stereocenters. The fourth-order valence-electron chi connectivity index (χ4n) is 3.78. The van der Waals surface area contributed by atoms with Crippen LogP contribution in [0.15, 0.2) is 59.3 Å². The smallest absolute Gasteiger partial charge is 0.323 e. The van der Waals surface area contributed by atoms with E-state index in [0.29, 0.717) is 10.6 Å². The Kier molecular flexibility index (Phi) is 12.6. The minimum atomic E-state index is -1.05. The van der Waals surface area contributed by atoms with E-state index in [0.717, 1.165) is 34.2 Å². The highest BCUT2D eigenvalue weighted by molar-refractivity contribution is 8.14. The van der Waals surface area contributed by atoms with E-state index >= 15 is 0 Å². The first-order valence-corrected chi connectivity index (χ1v) is 14.5. The minimum Gasteiger partial charge on any atom is -0.480 e. The molecule has 7 nitrogen and oxygen atoms in total. The van der Waals surface area contributed by atoms with Crippen LogP contribution in [0.3, 0.4) is 0 Å². The Bertz CT molecular complexity index is 1130. The van der Waals surface area contributed by atoms with Gasteiger partial charge in [-0.25, -0.2) is 4.98 Å². The number of aliphatic imine (C=N–C) groups is 1. The highest BCUT2D eigenvalue weighted by Gasteiger charge is 2.28. The SMILES string of the molecule is C/C=C(\C=C1\C=CNC1)c1nc(C)c(C(=O)N(CC(=O)O)CC2=NC3C=CC=CC(C3)S2)s1.CC.CC. The van der Waals surface area contributed by atoms with Crippen LogP contribution in [0, 0.1) is 6.92 Å². The van der Waals surface area contributed by atoms with E-state index in [1.807, 2.05) is 77.3 Å². The number of carboxylic acids is 1. The lowest BCUT2D eigenvalue weighted by atomic mass is 10.1. The van der Waals surface area contributed by atoms with Crippen LogP contribution in [0.5, 0.6) is 0 Å². The predicted molar refractivity (Wildman–Crippen MR) is 157 cm³/mol. The van der Waals surface area contributed by atoms with E-state index in [2.05, 4.69) is 16.4 Å². The monoisotopic (exact) mass is 542 g/mol. The molecule has 0 aromatic carbocycles. The van der Waals surface area contributed by atoms with E-state index in [1.54, 1.807) is 18.7 Å². The lowest BCUT2D eigenvalue weighted by Gasteiger charge is -2.27. The second-order valence-corrected chi connectivity index (χ2v) is 10.2. The van der Waals surface area contributed by atoms with Crippen LogP contribution < -0.4 is 5.32 Å². The van der Waals surface area contributed by atoms with Crippen molar-refractivity contribution in [1.82, 2.24) is 15.2 Å². The van der Waals surface area contributed by atoms with Gasteiger partial charge in [-0.15, -0.1) is 23.1 Å². The Hall–Kier alpha value is -2.91. The van der Waals surface area contributed by atoms with Crippen molar-refractivity contribution < 1.29 is 14.7 Å². The van der Waals surface area contributed by atoms with E-state index in [4.69, 9.17) is 4.99 Å². The summed E-state index contributed by atoms with van der Waals surface area (Å²) in [6.45, 7) is 12.3. The summed E-state index contributed by atoms with van der Waals surface area (Å²) < 4.78 is 0. The Labute approximate surface area is 228 Å². The van der Waals surface area contributed by atoms with Gasteiger partial charge in [0.2, 0.25) is 0 Å². The fraction of sp³-hybridized carbons (Fsp3) is 0.429. The summed E-state index contributed by atoms with van der Waals surface area (Å²) in [5.74, 6) is -1.38. The number of nitrogens with zero attached hydrogens (tertiary/aromatic N) is 3. The summed E-state index contributed by atoms with van der Waals surface area (Å²) in [4.78, 5) is 36.2. The van der Waals surface area contributed by atoms with Gasteiger partial charge in [0.05, 0.1) is 23.3 Å². The lowest BCUT2D eigenvalue weighted by Crippen LogP contribution is -2.40. The molecule has 1 aromatic rings. The molecule has 2 unspecified atom stereocenters. The van der Waals surface area contributed by atoms with Crippen LogP contribution in [-0.2, 0) is 4.79 Å². The van der Waals surface area contributed by atoms with Crippen LogP contribution in [0.25, 0.3) is 5.57 Å². The second-order valence-electron chi connectivity index (χ2n) is 7.92. The van der Waals surface area contributed by atoms with E-state index in [9.17, 15) is 14.7 Å². The molecule has 2 N–H and O–H groups in total. The van der Waals surface area contributed by atoms with Gasteiger partial charge in [-0.05, 0) is 44.2 Å². The molecule has 2 bridgehead atoms. The predicted octanol–water partition coefficient (Wildman–Crippen LogP) is 5.88. The molecule has 4 rings (SSSR count). The summed E-state index contributed by atoms with van der Waals surface area (Å²) in [5.41, 5.74) is 2.67. The molecule has 0 saturated heterocycles. The number of rotatable bonds is 7. The van der Waals surface area contributed by atoms with Gasteiger partial charge in [-0.1, -0.05) is 58.1 Å². The number of carboxylic acid groups (broad SMARTS) is 1. The van der Waals surface area contributed by atoms with Gasteiger partial charge >= 0.3 is 5.97 Å². The summed E-state index contributed by atoms with van der Waals surface area (Å²) >= 11 is 2.90. The molecule has 1 aliphatic carbocycles. The normalized spacial score (nSPS) is 20.6. The average Bonchev–Trinajstić information content (AvgIpc) is 3.52. The van der Waals surface area contributed by atoms with Crippen molar-refractivity contribution in [2.24, 2.45) is 4.99 Å². The van der Waals surface area contributed by atoms with Crippen molar-refractivity contribution in [1.29, 1.82) is 0 Å².